The lowest BCUT2D eigenvalue weighted by molar-refractivity contribution is 0.303. The monoisotopic (exact) mass is 272 g/mol. The summed E-state index contributed by atoms with van der Waals surface area (Å²) in [5.41, 5.74) is 3.27. The molecule has 0 unspecified atom stereocenters. The number of benzene rings is 1. The van der Waals surface area contributed by atoms with E-state index in [0.29, 0.717) is 10.7 Å². The SMILES string of the molecule is CCc1c(-c2ccc(OC3CC3)cc2)[nH]cnc1=S. The number of aromatic amines is 1. The van der Waals surface area contributed by atoms with Gasteiger partial charge in [-0.3, -0.25) is 0 Å². The van der Waals surface area contributed by atoms with Gasteiger partial charge in [0.25, 0.3) is 0 Å². The van der Waals surface area contributed by atoms with Crippen molar-refractivity contribution in [1.29, 1.82) is 0 Å². The molecule has 3 rings (SSSR count). The normalized spacial score (nSPS) is 14.4. The Morgan fingerprint density at radius 2 is 2.05 bits per heavy atom. The topological polar surface area (TPSA) is 37.9 Å². The minimum atomic E-state index is 0.434. The molecule has 1 aromatic heterocycles. The van der Waals surface area contributed by atoms with E-state index in [0.717, 1.165) is 29.0 Å². The van der Waals surface area contributed by atoms with Gasteiger partial charge in [0, 0.05) is 5.56 Å². The second kappa shape index (κ2) is 5.13. The third kappa shape index (κ3) is 2.68. The predicted molar refractivity (Wildman–Crippen MR) is 77.9 cm³/mol. The molecular formula is C15H16N2OS. The molecule has 3 nitrogen and oxygen atoms in total. The fourth-order valence-electron chi connectivity index (χ4n) is 2.09. The van der Waals surface area contributed by atoms with Gasteiger partial charge in [0.05, 0.1) is 18.1 Å². The summed E-state index contributed by atoms with van der Waals surface area (Å²) in [5.74, 6) is 0.942. The lowest BCUT2D eigenvalue weighted by atomic mass is 10.1. The summed E-state index contributed by atoms with van der Waals surface area (Å²) in [4.78, 5) is 7.33. The van der Waals surface area contributed by atoms with Crippen LogP contribution in [0.5, 0.6) is 5.75 Å². The van der Waals surface area contributed by atoms with Gasteiger partial charge in [0.1, 0.15) is 10.4 Å². The third-order valence-corrected chi connectivity index (χ3v) is 3.63. The molecule has 0 bridgehead atoms. The maximum absolute atomic E-state index is 5.75. The summed E-state index contributed by atoms with van der Waals surface area (Å²) in [6, 6.07) is 8.17. The zero-order valence-corrected chi connectivity index (χ0v) is 11.7. The van der Waals surface area contributed by atoms with Crippen molar-refractivity contribution in [1.82, 2.24) is 9.97 Å². The van der Waals surface area contributed by atoms with Crippen LogP contribution in [0.15, 0.2) is 30.6 Å². The van der Waals surface area contributed by atoms with Gasteiger partial charge in [-0.05, 0) is 49.1 Å². The Bertz CT molecular complexity index is 629. The second-order valence-electron chi connectivity index (χ2n) is 4.76. The van der Waals surface area contributed by atoms with E-state index in [2.05, 4.69) is 29.0 Å². The zero-order valence-electron chi connectivity index (χ0n) is 10.8. The molecule has 2 aromatic rings. The number of H-pyrrole nitrogens is 1. The molecule has 1 heterocycles. The van der Waals surface area contributed by atoms with Crippen LogP contribution in [0.4, 0.5) is 0 Å². The van der Waals surface area contributed by atoms with Crippen LogP contribution in [-0.4, -0.2) is 16.1 Å². The molecule has 0 saturated heterocycles. The zero-order chi connectivity index (χ0) is 13.2. The first-order chi connectivity index (χ1) is 9.28. The van der Waals surface area contributed by atoms with E-state index in [1.165, 1.54) is 12.8 Å². The fraction of sp³-hybridized carbons (Fsp3) is 0.333. The van der Waals surface area contributed by atoms with Crippen molar-refractivity contribution in [2.45, 2.75) is 32.3 Å². The maximum Gasteiger partial charge on any atom is 0.133 e. The summed E-state index contributed by atoms with van der Waals surface area (Å²) in [7, 11) is 0. The van der Waals surface area contributed by atoms with Gasteiger partial charge in [-0.1, -0.05) is 19.1 Å². The number of nitrogens with zero attached hydrogens (tertiary/aromatic N) is 1. The van der Waals surface area contributed by atoms with Gasteiger partial charge in [-0.2, -0.15) is 0 Å². The van der Waals surface area contributed by atoms with Crippen molar-refractivity contribution in [3.05, 3.63) is 40.8 Å². The highest BCUT2D eigenvalue weighted by molar-refractivity contribution is 7.71. The summed E-state index contributed by atoms with van der Waals surface area (Å²) in [6.07, 6.45) is 5.33. The molecule has 1 aliphatic carbocycles. The molecule has 0 atom stereocenters. The lowest BCUT2D eigenvalue weighted by Gasteiger charge is -2.09. The van der Waals surface area contributed by atoms with Crippen molar-refractivity contribution in [2.24, 2.45) is 0 Å². The van der Waals surface area contributed by atoms with E-state index in [9.17, 15) is 0 Å². The number of nitrogens with one attached hydrogen (secondary N) is 1. The van der Waals surface area contributed by atoms with Crippen molar-refractivity contribution < 1.29 is 4.74 Å². The molecule has 19 heavy (non-hydrogen) atoms. The van der Waals surface area contributed by atoms with E-state index in [-0.39, 0.29) is 0 Å². The summed E-state index contributed by atoms with van der Waals surface area (Å²) in [5, 5.41) is 0. The molecule has 1 N–H and O–H groups in total. The largest absolute Gasteiger partial charge is 0.490 e. The van der Waals surface area contributed by atoms with E-state index in [4.69, 9.17) is 17.0 Å². The molecule has 4 heteroatoms. The van der Waals surface area contributed by atoms with Crippen LogP contribution in [-0.2, 0) is 6.42 Å². The van der Waals surface area contributed by atoms with Gasteiger partial charge in [0.2, 0.25) is 0 Å². The Morgan fingerprint density at radius 1 is 1.32 bits per heavy atom. The second-order valence-corrected chi connectivity index (χ2v) is 5.14. The quantitative estimate of drug-likeness (QED) is 0.857. The Morgan fingerprint density at radius 3 is 2.68 bits per heavy atom. The maximum atomic E-state index is 5.75. The minimum absolute atomic E-state index is 0.434. The smallest absolute Gasteiger partial charge is 0.133 e. The molecule has 0 spiro atoms. The number of hydrogen-bond acceptors (Lipinski definition) is 3. The van der Waals surface area contributed by atoms with E-state index in [1.54, 1.807) is 6.33 Å². The molecule has 1 fully saturated rings. The van der Waals surface area contributed by atoms with Gasteiger partial charge >= 0.3 is 0 Å². The molecule has 0 aliphatic heterocycles. The molecule has 1 aromatic carbocycles. The third-order valence-electron chi connectivity index (χ3n) is 3.27. The molecule has 1 saturated carbocycles. The van der Waals surface area contributed by atoms with Crippen LogP contribution in [0.1, 0.15) is 25.3 Å². The van der Waals surface area contributed by atoms with Crippen molar-refractivity contribution in [3.63, 3.8) is 0 Å². The predicted octanol–water partition coefficient (Wildman–Crippen LogP) is 3.91. The average molecular weight is 272 g/mol. The average Bonchev–Trinajstić information content (AvgIpc) is 3.23. The van der Waals surface area contributed by atoms with Crippen molar-refractivity contribution in [2.75, 3.05) is 0 Å². The summed E-state index contributed by atoms with van der Waals surface area (Å²) in [6.45, 7) is 2.09. The summed E-state index contributed by atoms with van der Waals surface area (Å²) >= 11 is 5.27. The standard InChI is InChI=1S/C15H16N2OS/c1-2-13-14(16-9-17-15(13)19)10-3-5-11(6-4-10)18-12-7-8-12/h3-6,9,12H,2,7-8H2,1H3,(H,16,17,19). The van der Waals surface area contributed by atoms with Gasteiger partial charge in [-0.25, -0.2) is 4.98 Å². The van der Waals surface area contributed by atoms with E-state index in [1.807, 2.05) is 12.1 Å². The molecule has 1 aliphatic rings. The molecular weight excluding hydrogens is 256 g/mol. The fourth-order valence-corrected chi connectivity index (χ4v) is 2.39. The Kier molecular flexibility index (Phi) is 3.34. The van der Waals surface area contributed by atoms with Crippen LogP contribution in [0.2, 0.25) is 0 Å². The number of aromatic nitrogens is 2. The van der Waals surface area contributed by atoms with Crippen molar-refractivity contribution >= 4 is 12.2 Å². The number of ether oxygens (including phenoxy) is 1. The van der Waals surface area contributed by atoms with Crippen LogP contribution < -0.4 is 4.74 Å². The van der Waals surface area contributed by atoms with Gasteiger partial charge < -0.3 is 9.72 Å². The molecule has 98 valence electrons. The minimum Gasteiger partial charge on any atom is -0.490 e. The first-order valence-corrected chi connectivity index (χ1v) is 7.02. The summed E-state index contributed by atoms with van der Waals surface area (Å²) < 4.78 is 6.43. The lowest BCUT2D eigenvalue weighted by Crippen LogP contribution is -1.97. The van der Waals surface area contributed by atoms with E-state index >= 15 is 0 Å². The highest BCUT2D eigenvalue weighted by atomic mass is 32.1. The van der Waals surface area contributed by atoms with Crippen LogP contribution in [0.25, 0.3) is 11.3 Å². The van der Waals surface area contributed by atoms with Crippen LogP contribution in [0, 0.1) is 4.64 Å². The molecule has 0 amide bonds. The van der Waals surface area contributed by atoms with Crippen LogP contribution in [0.3, 0.4) is 0 Å². The number of hydrogen-bond donors (Lipinski definition) is 1. The molecule has 0 radical (unpaired) electrons. The first kappa shape index (κ1) is 12.4. The number of rotatable bonds is 4. The van der Waals surface area contributed by atoms with Gasteiger partial charge in [0.15, 0.2) is 0 Å². The van der Waals surface area contributed by atoms with Crippen molar-refractivity contribution in [3.8, 4) is 17.0 Å². The Balaban J connectivity index is 1.93. The first-order valence-electron chi connectivity index (χ1n) is 6.61. The van der Waals surface area contributed by atoms with Gasteiger partial charge in [-0.15, -0.1) is 0 Å². The Hall–Kier alpha value is -1.68. The Labute approximate surface area is 117 Å². The van der Waals surface area contributed by atoms with Crippen LogP contribution >= 0.6 is 12.2 Å². The highest BCUT2D eigenvalue weighted by Crippen LogP contribution is 2.29. The highest BCUT2D eigenvalue weighted by Gasteiger charge is 2.23. The van der Waals surface area contributed by atoms with E-state index < -0.39 is 0 Å².